The van der Waals surface area contributed by atoms with E-state index in [0.29, 0.717) is 0 Å². The number of nitrogens with two attached hydrogens (primary N) is 1. The summed E-state index contributed by atoms with van der Waals surface area (Å²) in [5, 5.41) is 0. The number of ether oxygens (including phenoxy) is 2. The molecule has 3 unspecified atom stereocenters. The van der Waals surface area contributed by atoms with E-state index in [4.69, 9.17) is 24.6 Å². The van der Waals surface area contributed by atoms with Crippen molar-refractivity contribution in [3.8, 4) is 0 Å². The number of methoxy groups -OCH3 is 1. The first-order valence-electron chi connectivity index (χ1n) is 7.50. The first-order valence-corrected chi connectivity index (χ1v) is 8.53. The molecule has 12 nitrogen and oxygen atoms in total. The molecule has 0 radical (unpaired) electrons. The molecular weight excluding hydrogens is 370 g/mol. The van der Waals surface area contributed by atoms with Crippen LogP contribution in [0.2, 0.25) is 0 Å². The van der Waals surface area contributed by atoms with Crippen LogP contribution in [0.4, 0.5) is 5.95 Å². The van der Waals surface area contributed by atoms with E-state index in [2.05, 4.69) is 19.1 Å². The molecule has 0 aromatic carbocycles. The van der Waals surface area contributed by atoms with Crippen LogP contribution in [0.25, 0.3) is 11.2 Å². The van der Waals surface area contributed by atoms with Crippen LogP contribution in [0.5, 0.6) is 0 Å². The molecule has 0 spiro atoms. The minimum Gasteiger partial charge on any atom is -0.376 e. The smallest absolute Gasteiger partial charge is 0.301 e. The highest BCUT2D eigenvalue weighted by atomic mass is 32.2. The maximum atomic E-state index is 11.8. The number of nitrogens with zero attached hydrogens (tertiary/aromatic N) is 3. The van der Waals surface area contributed by atoms with Gasteiger partial charge in [-0.25, -0.2) is 4.98 Å². The number of rotatable bonds is 9. The summed E-state index contributed by atoms with van der Waals surface area (Å²) in [6.45, 7) is 4.79. The first-order chi connectivity index (χ1) is 12.1. The molecule has 2 aromatic heterocycles. The topological polar surface area (TPSA) is 164 Å². The maximum Gasteiger partial charge on any atom is 0.301 e. The third kappa shape index (κ3) is 4.98. The first kappa shape index (κ1) is 20.3. The van der Waals surface area contributed by atoms with E-state index < -0.39 is 34.9 Å². The highest BCUT2D eigenvalue weighted by Gasteiger charge is 2.30. The third-order valence-corrected chi connectivity index (χ3v) is 3.68. The minimum absolute atomic E-state index is 0.0663. The molecule has 26 heavy (non-hydrogen) atoms. The van der Waals surface area contributed by atoms with Crippen LogP contribution in [0.15, 0.2) is 11.1 Å². The molecule has 2 aromatic rings. The van der Waals surface area contributed by atoms with Crippen LogP contribution in [0.3, 0.4) is 0 Å². The Morgan fingerprint density at radius 2 is 2.19 bits per heavy atom. The fraction of sp³-hybridized carbons (Fsp3) is 0.615. The van der Waals surface area contributed by atoms with Crippen molar-refractivity contribution in [3.05, 3.63) is 16.7 Å². The monoisotopic (exact) mass is 391 g/mol. The summed E-state index contributed by atoms with van der Waals surface area (Å²) >= 11 is -2.41. The molecule has 0 fully saturated rings. The van der Waals surface area contributed by atoms with Crippen molar-refractivity contribution in [3.63, 3.8) is 0 Å². The van der Waals surface area contributed by atoms with Crippen molar-refractivity contribution >= 4 is 28.5 Å². The van der Waals surface area contributed by atoms with Gasteiger partial charge in [0.1, 0.15) is 12.4 Å². The molecule has 0 bridgehead atoms. The Morgan fingerprint density at radius 1 is 1.50 bits per heavy atom. The number of aromatic nitrogens is 4. The Kier molecular flexibility index (Phi) is 6.30. The van der Waals surface area contributed by atoms with Gasteiger partial charge in [0.25, 0.3) is 5.56 Å². The van der Waals surface area contributed by atoms with E-state index in [-0.39, 0.29) is 23.7 Å². The lowest BCUT2D eigenvalue weighted by molar-refractivity contribution is -0.250. The van der Waals surface area contributed by atoms with Gasteiger partial charge in [0.15, 0.2) is 5.52 Å². The zero-order valence-corrected chi connectivity index (χ0v) is 15.5. The van der Waals surface area contributed by atoms with E-state index in [0.717, 1.165) is 0 Å². The van der Waals surface area contributed by atoms with Gasteiger partial charge in [-0.2, -0.15) is 9.19 Å². The number of aromatic amines is 1. The van der Waals surface area contributed by atoms with Gasteiger partial charge in [0, 0.05) is 21.0 Å². The molecular formula is C13H21N5O7S. The predicted octanol–water partition coefficient (Wildman–Crippen LogP) is -0.560. The van der Waals surface area contributed by atoms with E-state index in [1.54, 1.807) is 20.8 Å². The van der Waals surface area contributed by atoms with Crippen LogP contribution >= 0.6 is 0 Å². The summed E-state index contributed by atoms with van der Waals surface area (Å²) in [4.78, 5) is 27.8. The lowest BCUT2D eigenvalue weighted by atomic mass is 10.2. The van der Waals surface area contributed by atoms with E-state index in [1.165, 1.54) is 18.2 Å². The number of hydrogen-bond donors (Lipinski definition) is 3. The molecule has 2 heterocycles. The van der Waals surface area contributed by atoms with Crippen LogP contribution in [-0.4, -0.2) is 60.2 Å². The van der Waals surface area contributed by atoms with Gasteiger partial charge in [-0.05, 0) is 6.92 Å². The fourth-order valence-electron chi connectivity index (χ4n) is 2.28. The molecule has 146 valence electrons. The molecule has 2 rings (SSSR count). The highest BCUT2D eigenvalue weighted by molar-refractivity contribution is 7.74. The van der Waals surface area contributed by atoms with E-state index in [9.17, 15) is 9.00 Å². The Balaban J connectivity index is 2.13. The standard InChI is InChI=1S/C13H21N5O7S/c1-7(8(22-4)5-23-26(20)21)24-13(2,3)25-18-6-15-9-10(18)16-12(14)17-11(9)19/h6-8H,5H2,1-4H3,(H,20,21)(H3,14,16,17,19). The average molecular weight is 391 g/mol. The lowest BCUT2D eigenvalue weighted by Crippen LogP contribution is -2.45. The molecule has 0 aliphatic rings. The number of imidazole rings is 1. The van der Waals surface area contributed by atoms with Gasteiger partial charge in [-0.3, -0.25) is 18.5 Å². The van der Waals surface area contributed by atoms with Crippen LogP contribution in [0, 0.1) is 0 Å². The number of anilines is 1. The second kappa shape index (κ2) is 8.09. The van der Waals surface area contributed by atoms with Crippen molar-refractivity contribution < 1.29 is 27.3 Å². The summed E-state index contributed by atoms with van der Waals surface area (Å²) in [6.07, 6.45) is 0.0911. The van der Waals surface area contributed by atoms with Gasteiger partial charge in [0.05, 0.1) is 12.7 Å². The number of H-pyrrole nitrogens is 1. The minimum atomic E-state index is -2.41. The highest BCUT2D eigenvalue weighted by Crippen LogP contribution is 2.17. The Labute approximate surface area is 151 Å². The molecule has 4 N–H and O–H groups in total. The number of hydrogen-bond acceptors (Lipinski definition) is 9. The Morgan fingerprint density at radius 3 is 2.81 bits per heavy atom. The van der Waals surface area contributed by atoms with Crippen molar-refractivity contribution in [1.29, 1.82) is 0 Å². The maximum absolute atomic E-state index is 11.8. The van der Waals surface area contributed by atoms with E-state index in [1.807, 2.05) is 0 Å². The quantitative estimate of drug-likeness (QED) is 0.373. The van der Waals surface area contributed by atoms with Gasteiger partial charge in [0.2, 0.25) is 17.4 Å². The molecule has 3 atom stereocenters. The molecule has 0 saturated heterocycles. The number of nitrogens with one attached hydrogen (secondary N) is 1. The lowest BCUT2D eigenvalue weighted by Gasteiger charge is -2.32. The molecule has 13 heteroatoms. The molecule has 0 aliphatic heterocycles. The summed E-state index contributed by atoms with van der Waals surface area (Å²) in [7, 11) is 1.42. The summed E-state index contributed by atoms with van der Waals surface area (Å²) in [5.41, 5.74) is 5.26. The second-order valence-corrected chi connectivity index (χ2v) is 6.45. The predicted molar refractivity (Wildman–Crippen MR) is 91.3 cm³/mol. The molecule has 0 aliphatic carbocycles. The summed E-state index contributed by atoms with van der Waals surface area (Å²) in [5.74, 6) is -1.27. The average Bonchev–Trinajstić information content (AvgIpc) is 2.89. The van der Waals surface area contributed by atoms with E-state index >= 15 is 0 Å². The molecule has 0 amide bonds. The molecule has 0 saturated carbocycles. The fourth-order valence-corrected chi connectivity index (χ4v) is 2.53. The largest absolute Gasteiger partial charge is 0.376 e. The summed E-state index contributed by atoms with van der Waals surface area (Å²) in [6, 6.07) is 0. The normalized spacial score (nSPS) is 15.7. The van der Waals surface area contributed by atoms with Crippen molar-refractivity contribution in [1.82, 2.24) is 19.7 Å². The van der Waals surface area contributed by atoms with Crippen LogP contribution in [0.1, 0.15) is 20.8 Å². The SMILES string of the molecule is COC(COS(=O)O)C(C)OC(C)(C)On1cnc2c(=O)[nH]c(N)nc21. The van der Waals surface area contributed by atoms with Gasteiger partial charge < -0.3 is 20.0 Å². The van der Waals surface area contributed by atoms with Crippen molar-refractivity contribution in [2.45, 2.75) is 38.8 Å². The number of nitrogen functional groups attached to an aromatic ring is 1. The Hall–Kier alpha value is -2.06. The summed E-state index contributed by atoms with van der Waals surface area (Å²) < 4.78 is 36.1. The van der Waals surface area contributed by atoms with Gasteiger partial charge in [-0.15, -0.1) is 4.73 Å². The second-order valence-electron chi connectivity index (χ2n) is 5.78. The third-order valence-electron chi connectivity index (χ3n) is 3.34. The van der Waals surface area contributed by atoms with Crippen molar-refractivity contribution in [2.75, 3.05) is 19.5 Å². The van der Waals surface area contributed by atoms with Crippen molar-refractivity contribution in [2.24, 2.45) is 0 Å². The van der Waals surface area contributed by atoms with Crippen LogP contribution in [-0.2, 0) is 25.0 Å². The van der Waals surface area contributed by atoms with Gasteiger partial charge >= 0.3 is 11.4 Å². The van der Waals surface area contributed by atoms with Crippen LogP contribution < -0.4 is 16.1 Å². The Bertz CT molecular complexity index is 836. The zero-order valence-electron chi connectivity index (χ0n) is 14.7. The number of fused-ring (bicyclic) bond motifs is 1. The zero-order chi connectivity index (χ0) is 19.5. The van der Waals surface area contributed by atoms with Gasteiger partial charge in [-0.1, -0.05) is 0 Å².